The average Bonchev–Trinajstić information content (AvgIpc) is 2.37. The molecule has 0 aliphatic rings. The minimum atomic E-state index is 0.0687. The Kier molecular flexibility index (Phi) is 0.934. The van der Waals surface area contributed by atoms with Crippen LogP contribution in [0.5, 0.6) is 5.88 Å². The SMILES string of the molecule is Cc1nn2cc(O)[nH]c2c1N. The van der Waals surface area contributed by atoms with Crippen LogP contribution in [0.2, 0.25) is 0 Å². The summed E-state index contributed by atoms with van der Waals surface area (Å²) in [5, 5.41) is 13.0. The summed E-state index contributed by atoms with van der Waals surface area (Å²) in [6.07, 6.45) is 1.47. The highest BCUT2D eigenvalue weighted by Crippen LogP contribution is 2.18. The van der Waals surface area contributed by atoms with Gasteiger partial charge in [0.25, 0.3) is 0 Å². The van der Waals surface area contributed by atoms with Gasteiger partial charge in [0.05, 0.1) is 17.6 Å². The molecule has 0 aromatic carbocycles. The molecule has 5 heteroatoms. The van der Waals surface area contributed by atoms with Crippen LogP contribution in [0.4, 0.5) is 5.69 Å². The van der Waals surface area contributed by atoms with Gasteiger partial charge in [0, 0.05) is 0 Å². The van der Waals surface area contributed by atoms with Crippen molar-refractivity contribution in [2.45, 2.75) is 6.92 Å². The molecule has 0 radical (unpaired) electrons. The van der Waals surface area contributed by atoms with Crippen LogP contribution in [0, 0.1) is 6.92 Å². The molecule has 0 spiro atoms. The Labute approximate surface area is 62.4 Å². The third kappa shape index (κ3) is 0.674. The number of aromatic hydroxyl groups is 1. The van der Waals surface area contributed by atoms with Crippen molar-refractivity contribution < 1.29 is 5.11 Å². The third-order valence-corrected chi connectivity index (χ3v) is 1.62. The van der Waals surface area contributed by atoms with Gasteiger partial charge in [-0.3, -0.25) is 0 Å². The van der Waals surface area contributed by atoms with Gasteiger partial charge in [0.1, 0.15) is 0 Å². The highest BCUT2D eigenvalue weighted by molar-refractivity contribution is 5.68. The lowest BCUT2D eigenvalue weighted by molar-refractivity contribution is 0.456. The molecule has 0 unspecified atom stereocenters. The average molecular weight is 152 g/mol. The number of aryl methyl sites for hydroxylation is 1. The summed E-state index contributed by atoms with van der Waals surface area (Å²) in [7, 11) is 0. The maximum atomic E-state index is 8.99. The number of imidazole rings is 1. The molecule has 0 amide bonds. The van der Waals surface area contributed by atoms with Crippen molar-refractivity contribution in [1.29, 1.82) is 0 Å². The van der Waals surface area contributed by atoms with Crippen LogP contribution in [-0.4, -0.2) is 19.7 Å². The van der Waals surface area contributed by atoms with Gasteiger partial charge >= 0.3 is 0 Å². The van der Waals surface area contributed by atoms with Gasteiger partial charge in [-0.2, -0.15) is 5.10 Å². The van der Waals surface area contributed by atoms with Crippen molar-refractivity contribution in [1.82, 2.24) is 14.6 Å². The summed E-state index contributed by atoms with van der Waals surface area (Å²) in [4.78, 5) is 2.68. The number of fused-ring (bicyclic) bond motifs is 1. The Hall–Kier alpha value is -1.65. The smallest absolute Gasteiger partial charge is 0.209 e. The lowest BCUT2D eigenvalue weighted by Gasteiger charge is -1.84. The predicted octanol–water partition coefficient (Wildman–Crippen LogP) is 0.259. The number of hydrogen-bond acceptors (Lipinski definition) is 3. The fourth-order valence-electron chi connectivity index (χ4n) is 1.05. The number of nitrogens with two attached hydrogens (primary N) is 1. The molecule has 0 saturated heterocycles. The summed E-state index contributed by atoms with van der Waals surface area (Å²) in [5.74, 6) is 0.0687. The summed E-state index contributed by atoms with van der Waals surface area (Å²) in [5.41, 5.74) is 7.60. The Balaban J connectivity index is 2.88. The van der Waals surface area contributed by atoms with Crippen LogP contribution in [0.15, 0.2) is 6.20 Å². The molecule has 2 heterocycles. The largest absolute Gasteiger partial charge is 0.493 e. The van der Waals surface area contributed by atoms with Crippen molar-refractivity contribution in [3.05, 3.63) is 11.9 Å². The lowest BCUT2D eigenvalue weighted by Crippen LogP contribution is -1.85. The zero-order chi connectivity index (χ0) is 8.01. The summed E-state index contributed by atoms with van der Waals surface area (Å²) in [6.45, 7) is 1.81. The first-order chi connectivity index (χ1) is 5.18. The first-order valence-electron chi connectivity index (χ1n) is 3.21. The van der Waals surface area contributed by atoms with Gasteiger partial charge in [0.15, 0.2) is 5.65 Å². The number of hydrogen-bond donors (Lipinski definition) is 3. The van der Waals surface area contributed by atoms with E-state index in [1.54, 1.807) is 0 Å². The van der Waals surface area contributed by atoms with Crippen LogP contribution in [0.1, 0.15) is 5.69 Å². The van der Waals surface area contributed by atoms with Crippen molar-refractivity contribution in [2.24, 2.45) is 0 Å². The zero-order valence-corrected chi connectivity index (χ0v) is 6.00. The van der Waals surface area contributed by atoms with E-state index < -0.39 is 0 Å². The summed E-state index contributed by atoms with van der Waals surface area (Å²) < 4.78 is 1.51. The maximum absolute atomic E-state index is 8.99. The molecule has 2 rings (SSSR count). The minimum absolute atomic E-state index is 0.0687. The monoisotopic (exact) mass is 152 g/mol. The van der Waals surface area contributed by atoms with Crippen LogP contribution >= 0.6 is 0 Å². The predicted molar refractivity (Wildman–Crippen MR) is 40.4 cm³/mol. The van der Waals surface area contributed by atoms with Gasteiger partial charge in [0.2, 0.25) is 5.88 Å². The van der Waals surface area contributed by atoms with Crippen LogP contribution < -0.4 is 5.73 Å². The Morgan fingerprint density at radius 1 is 1.73 bits per heavy atom. The van der Waals surface area contributed by atoms with Crippen LogP contribution in [-0.2, 0) is 0 Å². The number of aromatic amines is 1. The van der Waals surface area contributed by atoms with Crippen LogP contribution in [0.3, 0.4) is 0 Å². The number of nitrogens with one attached hydrogen (secondary N) is 1. The second-order valence-electron chi connectivity index (χ2n) is 2.43. The molecular formula is C6H8N4O. The third-order valence-electron chi connectivity index (χ3n) is 1.62. The standard InChI is InChI=1S/C6H8N4O/c1-3-5(7)6-8-4(11)2-10(6)9-3/h2,8,11H,7H2,1H3. The van der Waals surface area contributed by atoms with E-state index in [1.165, 1.54) is 10.7 Å². The molecule has 0 aliphatic carbocycles. The molecule has 0 saturated carbocycles. The first-order valence-corrected chi connectivity index (χ1v) is 3.21. The Morgan fingerprint density at radius 3 is 3.09 bits per heavy atom. The van der Waals surface area contributed by atoms with E-state index in [2.05, 4.69) is 10.1 Å². The van der Waals surface area contributed by atoms with E-state index in [0.717, 1.165) is 5.69 Å². The van der Waals surface area contributed by atoms with Gasteiger partial charge in [-0.25, -0.2) is 4.52 Å². The highest BCUT2D eigenvalue weighted by Gasteiger charge is 2.07. The number of aromatic nitrogens is 3. The molecule has 2 aromatic rings. The fourth-order valence-corrected chi connectivity index (χ4v) is 1.05. The molecule has 0 fully saturated rings. The van der Waals surface area contributed by atoms with E-state index >= 15 is 0 Å². The molecular weight excluding hydrogens is 144 g/mol. The highest BCUT2D eigenvalue weighted by atomic mass is 16.3. The second-order valence-corrected chi connectivity index (χ2v) is 2.43. The van der Waals surface area contributed by atoms with Crippen molar-refractivity contribution >= 4 is 11.3 Å². The Bertz CT molecular complexity index is 400. The number of nitrogen functional groups attached to an aromatic ring is 1. The van der Waals surface area contributed by atoms with Gasteiger partial charge < -0.3 is 15.8 Å². The molecule has 58 valence electrons. The molecule has 5 nitrogen and oxygen atoms in total. The second kappa shape index (κ2) is 1.69. The van der Waals surface area contributed by atoms with E-state index in [0.29, 0.717) is 11.3 Å². The number of rotatable bonds is 0. The maximum Gasteiger partial charge on any atom is 0.209 e. The molecule has 11 heavy (non-hydrogen) atoms. The number of H-pyrrole nitrogens is 1. The summed E-state index contributed by atoms with van der Waals surface area (Å²) >= 11 is 0. The molecule has 2 aromatic heterocycles. The van der Waals surface area contributed by atoms with E-state index in [-0.39, 0.29) is 5.88 Å². The molecule has 0 aliphatic heterocycles. The fraction of sp³-hybridized carbons (Fsp3) is 0.167. The van der Waals surface area contributed by atoms with Crippen molar-refractivity contribution in [3.63, 3.8) is 0 Å². The van der Waals surface area contributed by atoms with Gasteiger partial charge in [-0.05, 0) is 6.92 Å². The normalized spacial score (nSPS) is 11.0. The van der Waals surface area contributed by atoms with E-state index in [1.807, 2.05) is 6.92 Å². The molecule has 4 N–H and O–H groups in total. The quantitative estimate of drug-likeness (QED) is 0.506. The van der Waals surface area contributed by atoms with Gasteiger partial charge in [-0.15, -0.1) is 0 Å². The topological polar surface area (TPSA) is 79.3 Å². The van der Waals surface area contributed by atoms with E-state index in [9.17, 15) is 0 Å². The van der Waals surface area contributed by atoms with Crippen LogP contribution in [0.25, 0.3) is 5.65 Å². The number of nitrogens with zero attached hydrogens (tertiary/aromatic N) is 2. The zero-order valence-electron chi connectivity index (χ0n) is 6.00. The van der Waals surface area contributed by atoms with Crippen molar-refractivity contribution in [3.8, 4) is 5.88 Å². The van der Waals surface area contributed by atoms with Gasteiger partial charge in [-0.1, -0.05) is 0 Å². The molecule has 0 atom stereocenters. The first kappa shape index (κ1) is 6.09. The van der Waals surface area contributed by atoms with E-state index in [4.69, 9.17) is 10.8 Å². The minimum Gasteiger partial charge on any atom is -0.493 e. The number of anilines is 1. The van der Waals surface area contributed by atoms with Crippen molar-refractivity contribution in [2.75, 3.05) is 5.73 Å². The lowest BCUT2D eigenvalue weighted by atomic mass is 10.4. The summed E-state index contributed by atoms with van der Waals surface area (Å²) in [6, 6.07) is 0. The Morgan fingerprint density at radius 2 is 2.45 bits per heavy atom. The molecule has 0 bridgehead atoms.